The van der Waals surface area contributed by atoms with Gasteiger partial charge in [-0.3, -0.25) is 4.79 Å². The molecule has 4 nitrogen and oxygen atoms in total. The molecule has 0 aliphatic carbocycles. The first-order chi connectivity index (χ1) is 7.97. The van der Waals surface area contributed by atoms with E-state index in [1.165, 1.54) is 0 Å². The summed E-state index contributed by atoms with van der Waals surface area (Å²) < 4.78 is 5.40. The van der Waals surface area contributed by atoms with Crippen LogP contribution in [-0.4, -0.2) is 31.7 Å². The molecule has 17 heavy (non-hydrogen) atoms. The minimum atomic E-state index is -0.0546. The molecule has 0 aromatic rings. The number of rotatable bonds is 9. The highest BCUT2D eigenvalue weighted by Crippen LogP contribution is 2.10. The number of amides is 1. The van der Waals surface area contributed by atoms with Crippen molar-refractivity contribution in [3.63, 3.8) is 0 Å². The Kier molecular flexibility index (Phi) is 9.09. The summed E-state index contributed by atoms with van der Waals surface area (Å²) >= 11 is 0. The second-order valence-electron chi connectivity index (χ2n) is 5.13. The van der Waals surface area contributed by atoms with Crippen LogP contribution in [0.4, 0.5) is 0 Å². The van der Waals surface area contributed by atoms with Crippen LogP contribution in [0.25, 0.3) is 0 Å². The zero-order chi connectivity index (χ0) is 13.3. The highest BCUT2D eigenvalue weighted by atomic mass is 16.5. The van der Waals surface area contributed by atoms with Crippen molar-refractivity contribution in [3.8, 4) is 0 Å². The molecule has 1 unspecified atom stereocenters. The summed E-state index contributed by atoms with van der Waals surface area (Å²) in [5, 5.41) is 2.91. The largest absolute Gasteiger partial charge is 0.379 e. The molecule has 3 N–H and O–H groups in total. The molecule has 1 amide bonds. The monoisotopic (exact) mass is 244 g/mol. The summed E-state index contributed by atoms with van der Waals surface area (Å²) in [5.41, 5.74) is 5.61. The van der Waals surface area contributed by atoms with Crippen molar-refractivity contribution in [1.82, 2.24) is 5.32 Å². The molecule has 0 saturated carbocycles. The van der Waals surface area contributed by atoms with Gasteiger partial charge in [-0.15, -0.1) is 0 Å². The zero-order valence-electron chi connectivity index (χ0n) is 11.7. The highest BCUT2D eigenvalue weighted by Gasteiger charge is 2.17. The molecule has 4 heteroatoms. The smallest absolute Gasteiger partial charge is 0.224 e. The molecule has 0 rings (SSSR count). The molecule has 0 bridgehead atoms. The quantitative estimate of drug-likeness (QED) is 0.605. The van der Waals surface area contributed by atoms with E-state index in [1.54, 1.807) is 0 Å². The Balaban J connectivity index is 3.68. The minimum absolute atomic E-state index is 0.0546. The summed E-state index contributed by atoms with van der Waals surface area (Å²) in [6, 6.07) is 0. The van der Waals surface area contributed by atoms with E-state index in [0.29, 0.717) is 25.6 Å². The molecule has 102 valence electrons. The van der Waals surface area contributed by atoms with Crippen molar-refractivity contribution >= 4 is 5.91 Å². The van der Waals surface area contributed by atoms with Crippen LogP contribution >= 0.6 is 0 Å². The van der Waals surface area contributed by atoms with Crippen LogP contribution in [0, 0.1) is 11.8 Å². The number of nitrogens with one attached hydrogen (secondary N) is 1. The van der Waals surface area contributed by atoms with E-state index in [1.807, 2.05) is 13.8 Å². The topological polar surface area (TPSA) is 64.4 Å². The van der Waals surface area contributed by atoms with E-state index < -0.39 is 0 Å². The maximum absolute atomic E-state index is 11.8. The van der Waals surface area contributed by atoms with E-state index in [2.05, 4.69) is 19.2 Å². The minimum Gasteiger partial charge on any atom is -0.379 e. The van der Waals surface area contributed by atoms with Gasteiger partial charge in [0.1, 0.15) is 0 Å². The lowest BCUT2D eigenvalue weighted by atomic mass is 9.96. The van der Waals surface area contributed by atoms with E-state index in [-0.39, 0.29) is 17.9 Å². The number of ether oxygens (including phenoxy) is 1. The van der Waals surface area contributed by atoms with E-state index in [4.69, 9.17) is 10.5 Å². The Morgan fingerprint density at radius 3 is 2.41 bits per heavy atom. The molecule has 0 radical (unpaired) electrons. The maximum atomic E-state index is 11.8. The van der Waals surface area contributed by atoms with Gasteiger partial charge in [0.15, 0.2) is 0 Å². The molecule has 0 aliphatic rings. The van der Waals surface area contributed by atoms with Crippen LogP contribution in [0.2, 0.25) is 0 Å². The normalized spacial score (nSPS) is 13.1. The first-order valence-corrected chi connectivity index (χ1v) is 6.56. The van der Waals surface area contributed by atoms with Gasteiger partial charge in [-0.1, -0.05) is 13.8 Å². The van der Waals surface area contributed by atoms with Crippen LogP contribution in [0.15, 0.2) is 0 Å². The van der Waals surface area contributed by atoms with Gasteiger partial charge in [0, 0.05) is 19.7 Å². The SMILES string of the molecule is CC(C)CC(CN)C(=O)NCCCOC(C)C. The third kappa shape index (κ3) is 9.12. The van der Waals surface area contributed by atoms with Gasteiger partial charge >= 0.3 is 0 Å². The van der Waals surface area contributed by atoms with Crippen molar-refractivity contribution in [2.75, 3.05) is 19.7 Å². The van der Waals surface area contributed by atoms with Gasteiger partial charge in [-0.05, 0) is 32.6 Å². The van der Waals surface area contributed by atoms with Crippen LogP contribution in [0.1, 0.15) is 40.5 Å². The molecular weight excluding hydrogens is 216 g/mol. The van der Waals surface area contributed by atoms with E-state index in [9.17, 15) is 4.79 Å². The molecule has 0 spiro atoms. The standard InChI is InChI=1S/C13H28N2O2/c1-10(2)8-12(9-14)13(16)15-6-5-7-17-11(3)4/h10-12H,5-9,14H2,1-4H3,(H,15,16). The van der Waals surface area contributed by atoms with Crippen molar-refractivity contribution in [1.29, 1.82) is 0 Å². The summed E-state index contributed by atoms with van der Waals surface area (Å²) in [5.74, 6) is 0.519. The zero-order valence-corrected chi connectivity index (χ0v) is 11.7. The summed E-state index contributed by atoms with van der Waals surface area (Å²) in [6.45, 7) is 10.00. The summed E-state index contributed by atoms with van der Waals surface area (Å²) in [4.78, 5) is 11.8. The average molecular weight is 244 g/mol. The van der Waals surface area contributed by atoms with Gasteiger partial charge in [-0.2, -0.15) is 0 Å². The number of carbonyl (C=O) groups is 1. The Hall–Kier alpha value is -0.610. The Labute approximate surface area is 105 Å². The number of hydrogen-bond donors (Lipinski definition) is 2. The molecule has 0 aromatic carbocycles. The Morgan fingerprint density at radius 1 is 1.29 bits per heavy atom. The molecule has 0 saturated heterocycles. The number of carbonyl (C=O) groups excluding carboxylic acids is 1. The van der Waals surface area contributed by atoms with Crippen molar-refractivity contribution < 1.29 is 9.53 Å². The predicted molar refractivity (Wildman–Crippen MR) is 70.7 cm³/mol. The second kappa shape index (κ2) is 9.42. The first-order valence-electron chi connectivity index (χ1n) is 6.56. The van der Waals surface area contributed by atoms with Gasteiger partial charge in [0.25, 0.3) is 0 Å². The molecule has 0 aliphatic heterocycles. The molecule has 0 fully saturated rings. The van der Waals surface area contributed by atoms with Gasteiger partial charge in [0.05, 0.1) is 12.0 Å². The van der Waals surface area contributed by atoms with Gasteiger partial charge in [0.2, 0.25) is 5.91 Å². The summed E-state index contributed by atoms with van der Waals surface area (Å²) in [6.07, 6.45) is 1.96. The van der Waals surface area contributed by atoms with Crippen molar-refractivity contribution in [2.45, 2.75) is 46.6 Å². The van der Waals surface area contributed by atoms with Gasteiger partial charge in [-0.25, -0.2) is 0 Å². The third-order valence-corrected chi connectivity index (χ3v) is 2.48. The van der Waals surface area contributed by atoms with Crippen LogP contribution in [-0.2, 0) is 9.53 Å². The molecular formula is C13H28N2O2. The number of hydrogen-bond acceptors (Lipinski definition) is 3. The second-order valence-corrected chi connectivity index (χ2v) is 5.13. The lowest BCUT2D eigenvalue weighted by Crippen LogP contribution is -2.36. The fourth-order valence-corrected chi connectivity index (χ4v) is 1.63. The molecule has 0 heterocycles. The van der Waals surface area contributed by atoms with Crippen molar-refractivity contribution in [3.05, 3.63) is 0 Å². The number of nitrogens with two attached hydrogens (primary N) is 1. The fourth-order valence-electron chi connectivity index (χ4n) is 1.63. The van der Waals surface area contributed by atoms with Crippen LogP contribution in [0.3, 0.4) is 0 Å². The van der Waals surface area contributed by atoms with Crippen LogP contribution < -0.4 is 11.1 Å². The van der Waals surface area contributed by atoms with E-state index in [0.717, 1.165) is 12.8 Å². The Morgan fingerprint density at radius 2 is 1.94 bits per heavy atom. The average Bonchev–Trinajstić information content (AvgIpc) is 2.24. The lowest BCUT2D eigenvalue weighted by molar-refractivity contribution is -0.125. The predicted octanol–water partition coefficient (Wildman–Crippen LogP) is 1.54. The van der Waals surface area contributed by atoms with Crippen molar-refractivity contribution in [2.24, 2.45) is 17.6 Å². The van der Waals surface area contributed by atoms with E-state index >= 15 is 0 Å². The summed E-state index contributed by atoms with van der Waals surface area (Å²) in [7, 11) is 0. The fraction of sp³-hybridized carbons (Fsp3) is 0.923. The third-order valence-electron chi connectivity index (χ3n) is 2.48. The molecule has 1 atom stereocenters. The maximum Gasteiger partial charge on any atom is 0.224 e. The van der Waals surface area contributed by atoms with Crippen LogP contribution in [0.5, 0.6) is 0 Å². The Bertz CT molecular complexity index is 206. The molecule has 0 aromatic heterocycles. The lowest BCUT2D eigenvalue weighted by Gasteiger charge is -2.16. The first kappa shape index (κ1) is 16.4. The van der Waals surface area contributed by atoms with Gasteiger partial charge < -0.3 is 15.8 Å². The highest BCUT2D eigenvalue weighted by molar-refractivity contribution is 5.78.